The van der Waals surface area contributed by atoms with Crippen LogP contribution in [0.3, 0.4) is 0 Å². The van der Waals surface area contributed by atoms with Crippen LogP contribution < -0.4 is 20.4 Å². The molecular formula is C17H20N4OS. The highest BCUT2D eigenvalue weighted by Crippen LogP contribution is 2.22. The van der Waals surface area contributed by atoms with Gasteiger partial charge < -0.3 is 15.0 Å². The first-order chi connectivity index (χ1) is 11.1. The minimum Gasteiger partial charge on any atom is -0.495 e. The van der Waals surface area contributed by atoms with Gasteiger partial charge in [-0.2, -0.15) is 5.10 Å². The lowest BCUT2D eigenvalue weighted by molar-refractivity contribution is 0.417. The molecule has 0 unspecified atom stereocenters. The Morgan fingerprint density at radius 3 is 2.48 bits per heavy atom. The third-order valence-corrected chi connectivity index (χ3v) is 3.34. The van der Waals surface area contributed by atoms with E-state index in [2.05, 4.69) is 15.8 Å². The van der Waals surface area contributed by atoms with Gasteiger partial charge in [0, 0.05) is 19.8 Å². The summed E-state index contributed by atoms with van der Waals surface area (Å²) in [4.78, 5) is 2.05. The summed E-state index contributed by atoms with van der Waals surface area (Å²) in [5.74, 6) is 0.722. The van der Waals surface area contributed by atoms with Crippen molar-refractivity contribution in [3.8, 4) is 5.75 Å². The average Bonchev–Trinajstić information content (AvgIpc) is 2.56. The number of nitrogens with zero attached hydrogens (tertiary/aromatic N) is 2. The molecule has 120 valence electrons. The molecule has 2 aromatic rings. The molecule has 2 N–H and O–H groups in total. The molecule has 2 rings (SSSR count). The third-order valence-electron chi connectivity index (χ3n) is 3.14. The molecule has 0 heterocycles. The first-order valence-corrected chi connectivity index (χ1v) is 7.51. The number of anilines is 2. The number of benzene rings is 2. The van der Waals surface area contributed by atoms with Crippen molar-refractivity contribution in [1.82, 2.24) is 5.43 Å². The predicted octanol–water partition coefficient (Wildman–Crippen LogP) is 3.08. The molecule has 0 aliphatic carbocycles. The molecule has 5 nitrogen and oxygen atoms in total. The summed E-state index contributed by atoms with van der Waals surface area (Å²) in [6.07, 6.45) is 1.72. The van der Waals surface area contributed by atoms with Crippen LogP contribution in [0.25, 0.3) is 0 Å². The van der Waals surface area contributed by atoms with E-state index in [0.717, 1.165) is 22.7 Å². The minimum atomic E-state index is 0.399. The Balaban J connectivity index is 1.91. The molecule has 0 bridgehead atoms. The highest BCUT2D eigenvalue weighted by molar-refractivity contribution is 7.80. The van der Waals surface area contributed by atoms with Crippen LogP contribution >= 0.6 is 12.2 Å². The standard InChI is InChI=1S/C17H20N4OS/c1-21(2)14-10-8-13(9-11-14)12-18-20-17(23)19-15-6-4-5-7-16(15)22-3/h4-12H,1-3H3,(H2,19,20,23)/b18-12-. The summed E-state index contributed by atoms with van der Waals surface area (Å²) >= 11 is 5.22. The highest BCUT2D eigenvalue weighted by Gasteiger charge is 2.02. The van der Waals surface area contributed by atoms with Crippen molar-refractivity contribution < 1.29 is 4.74 Å². The van der Waals surface area contributed by atoms with Crippen molar-refractivity contribution in [2.45, 2.75) is 0 Å². The minimum absolute atomic E-state index is 0.399. The lowest BCUT2D eigenvalue weighted by Crippen LogP contribution is -2.24. The van der Waals surface area contributed by atoms with Gasteiger partial charge in [0.15, 0.2) is 5.11 Å². The summed E-state index contributed by atoms with van der Waals surface area (Å²) in [7, 11) is 5.63. The Bertz CT molecular complexity index is 683. The molecule has 2 aromatic carbocycles. The van der Waals surface area contributed by atoms with Crippen molar-refractivity contribution in [2.24, 2.45) is 5.10 Å². The van der Waals surface area contributed by atoms with Crippen molar-refractivity contribution >= 4 is 34.9 Å². The second-order valence-electron chi connectivity index (χ2n) is 5.01. The molecule has 0 aromatic heterocycles. The third kappa shape index (κ3) is 4.96. The van der Waals surface area contributed by atoms with Gasteiger partial charge in [-0.05, 0) is 42.0 Å². The fraction of sp³-hybridized carbons (Fsp3) is 0.176. The van der Waals surface area contributed by atoms with E-state index in [1.54, 1.807) is 13.3 Å². The second-order valence-corrected chi connectivity index (χ2v) is 5.42. The fourth-order valence-electron chi connectivity index (χ4n) is 1.92. The van der Waals surface area contributed by atoms with Crippen LogP contribution in [0, 0.1) is 0 Å². The number of thiocarbonyl (C=S) groups is 1. The van der Waals surface area contributed by atoms with E-state index < -0.39 is 0 Å². The zero-order valence-corrected chi connectivity index (χ0v) is 14.2. The first-order valence-electron chi connectivity index (χ1n) is 7.10. The van der Waals surface area contributed by atoms with E-state index >= 15 is 0 Å². The monoisotopic (exact) mass is 328 g/mol. The van der Waals surface area contributed by atoms with Crippen LogP contribution in [-0.4, -0.2) is 32.5 Å². The quantitative estimate of drug-likeness (QED) is 0.502. The number of methoxy groups -OCH3 is 1. The largest absolute Gasteiger partial charge is 0.495 e. The Labute approximate surface area is 142 Å². The number of nitrogens with one attached hydrogen (secondary N) is 2. The molecule has 0 saturated carbocycles. The summed E-state index contributed by atoms with van der Waals surface area (Å²) in [6.45, 7) is 0. The second kappa shape index (κ2) is 8.14. The normalized spacial score (nSPS) is 10.4. The summed E-state index contributed by atoms with van der Waals surface area (Å²) in [6, 6.07) is 15.6. The lowest BCUT2D eigenvalue weighted by Gasteiger charge is -2.12. The van der Waals surface area contributed by atoms with Gasteiger partial charge in [0.1, 0.15) is 5.75 Å². The molecule has 0 amide bonds. The molecule has 0 atom stereocenters. The van der Waals surface area contributed by atoms with Crippen molar-refractivity contribution in [3.05, 3.63) is 54.1 Å². The van der Waals surface area contributed by atoms with Gasteiger partial charge in [-0.25, -0.2) is 0 Å². The van der Waals surface area contributed by atoms with Crippen molar-refractivity contribution in [2.75, 3.05) is 31.4 Å². The van der Waals surface area contributed by atoms with Crippen LogP contribution in [0.2, 0.25) is 0 Å². The van der Waals surface area contributed by atoms with Gasteiger partial charge in [-0.3, -0.25) is 5.43 Å². The van der Waals surface area contributed by atoms with Gasteiger partial charge >= 0.3 is 0 Å². The fourth-order valence-corrected chi connectivity index (χ4v) is 2.08. The highest BCUT2D eigenvalue weighted by atomic mass is 32.1. The van der Waals surface area contributed by atoms with Gasteiger partial charge in [0.25, 0.3) is 0 Å². The number of hydrogen-bond acceptors (Lipinski definition) is 4. The number of hydrogen-bond donors (Lipinski definition) is 2. The van der Waals surface area contributed by atoms with Crippen LogP contribution in [0.1, 0.15) is 5.56 Å². The van der Waals surface area contributed by atoms with Gasteiger partial charge in [0.05, 0.1) is 19.0 Å². The van der Waals surface area contributed by atoms with Gasteiger partial charge in [-0.15, -0.1) is 0 Å². The summed E-state index contributed by atoms with van der Waals surface area (Å²) in [5, 5.41) is 7.58. The first kappa shape index (κ1) is 16.8. The van der Waals surface area contributed by atoms with E-state index in [1.807, 2.05) is 67.5 Å². The maximum Gasteiger partial charge on any atom is 0.191 e. The van der Waals surface area contributed by atoms with E-state index in [0.29, 0.717) is 5.11 Å². The number of ether oxygens (including phenoxy) is 1. The maximum absolute atomic E-state index is 5.26. The van der Waals surface area contributed by atoms with Gasteiger partial charge in [-0.1, -0.05) is 24.3 Å². The van der Waals surface area contributed by atoms with Gasteiger partial charge in [0.2, 0.25) is 0 Å². The van der Waals surface area contributed by atoms with E-state index in [4.69, 9.17) is 17.0 Å². The number of hydrazone groups is 1. The number of para-hydroxylation sites is 2. The SMILES string of the molecule is COc1ccccc1NC(=S)N/N=C\c1ccc(N(C)C)cc1. The summed E-state index contributed by atoms with van der Waals surface area (Å²) in [5.41, 5.74) is 5.71. The molecule has 0 spiro atoms. The van der Waals surface area contributed by atoms with E-state index in [1.165, 1.54) is 0 Å². The molecule has 23 heavy (non-hydrogen) atoms. The zero-order valence-electron chi connectivity index (χ0n) is 13.4. The lowest BCUT2D eigenvalue weighted by atomic mass is 10.2. The molecule has 0 aliphatic heterocycles. The zero-order chi connectivity index (χ0) is 16.7. The molecular weight excluding hydrogens is 308 g/mol. The predicted molar refractivity (Wildman–Crippen MR) is 101 cm³/mol. The topological polar surface area (TPSA) is 48.9 Å². The Morgan fingerprint density at radius 2 is 1.83 bits per heavy atom. The maximum atomic E-state index is 5.26. The van der Waals surface area contributed by atoms with Crippen LogP contribution in [0.4, 0.5) is 11.4 Å². The molecule has 6 heteroatoms. The number of rotatable bonds is 5. The molecule has 0 fully saturated rings. The Morgan fingerprint density at radius 1 is 1.13 bits per heavy atom. The van der Waals surface area contributed by atoms with Crippen LogP contribution in [-0.2, 0) is 0 Å². The van der Waals surface area contributed by atoms with Crippen molar-refractivity contribution in [1.29, 1.82) is 0 Å². The summed E-state index contributed by atoms with van der Waals surface area (Å²) < 4.78 is 5.26. The Hall–Kier alpha value is -2.60. The van der Waals surface area contributed by atoms with E-state index in [-0.39, 0.29) is 0 Å². The van der Waals surface area contributed by atoms with E-state index in [9.17, 15) is 0 Å². The molecule has 0 saturated heterocycles. The van der Waals surface area contributed by atoms with Crippen LogP contribution in [0.15, 0.2) is 53.6 Å². The smallest absolute Gasteiger partial charge is 0.191 e. The average molecular weight is 328 g/mol. The molecule has 0 aliphatic rings. The Kier molecular flexibility index (Phi) is 5.94. The van der Waals surface area contributed by atoms with Crippen LogP contribution in [0.5, 0.6) is 5.75 Å². The molecule has 0 radical (unpaired) electrons. The van der Waals surface area contributed by atoms with Crippen molar-refractivity contribution in [3.63, 3.8) is 0 Å².